The first-order valence-corrected chi connectivity index (χ1v) is 10.6. The molecule has 0 aliphatic carbocycles. The van der Waals surface area contributed by atoms with Crippen LogP contribution in [-0.4, -0.2) is 33.7 Å². The fraction of sp³-hybridized carbons (Fsp3) is 0.261. The molecular weight excluding hydrogens is 396 g/mol. The highest BCUT2D eigenvalue weighted by Crippen LogP contribution is 2.27. The molecule has 156 valence electrons. The Morgan fingerprint density at radius 3 is 2.57 bits per heavy atom. The van der Waals surface area contributed by atoms with Gasteiger partial charge in [-0.3, -0.25) is 14.3 Å². The zero-order chi connectivity index (χ0) is 21.6. The fourth-order valence-electron chi connectivity index (χ4n) is 2.87. The van der Waals surface area contributed by atoms with E-state index in [1.807, 2.05) is 67.4 Å². The second-order valence-electron chi connectivity index (χ2n) is 7.94. The number of carbonyl (C=O) groups is 2. The van der Waals surface area contributed by atoms with Gasteiger partial charge >= 0.3 is 0 Å². The van der Waals surface area contributed by atoms with Crippen molar-refractivity contribution in [3.8, 4) is 10.6 Å². The number of aromatic nitrogens is 2. The van der Waals surface area contributed by atoms with Crippen LogP contribution in [0.2, 0.25) is 0 Å². The highest BCUT2D eigenvalue weighted by molar-refractivity contribution is 7.13. The van der Waals surface area contributed by atoms with E-state index in [4.69, 9.17) is 5.10 Å². The van der Waals surface area contributed by atoms with Crippen LogP contribution in [0, 0.1) is 0 Å². The van der Waals surface area contributed by atoms with E-state index in [-0.39, 0.29) is 23.9 Å². The molecule has 6 nitrogen and oxygen atoms in total. The molecule has 3 aromatic rings. The second kappa shape index (κ2) is 9.54. The molecule has 0 spiro atoms. The quantitative estimate of drug-likeness (QED) is 0.570. The number of nitrogens with one attached hydrogen (secondary N) is 2. The highest BCUT2D eigenvalue weighted by Gasteiger charge is 2.14. The van der Waals surface area contributed by atoms with Crippen molar-refractivity contribution in [3.05, 3.63) is 71.2 Å². The van der Waals surface area contributed by atoms with Crippen LogP contribution in [0.1, 0.15) is 31.9 Å². The summed E-state index contributed by atoms with van der Waals surface area (Å²) >= 11 is 1.60. The highest BCUT2D eigenvalue weighted by atomic mass is 32.1. The maximum atomic E-state index is 12.2. The van der Waals surface area contributed by atoms with Gasteiger partial charge in [0.2, 0.25) is 11.8 Å². The van der Waals surface area contributed by atoms with Gasteiger partial charge in [-0.25, -0.2) is 0 Å². The van der Waals surface area contributed by atoms with Crippen molar-refractivity contribution in [1.82, 2.24) is 20.4 Å². The minimum Gasteiger partial charge on any atom is -0.350 e. The molecule has 0 radical (unpaired) electrons. The van der Waals surface area contributed by atoms with Gasteiger partial charge in [-0.05, 0) is 43.9 Å². The Bertz CT molecular complexity index is 1020. The van der Waals surface area contributed by atoms with Crippen molar-refractivity contribution in [2.75, 3.05) is 6.54 Å². The third-order valence-corrected chi connectivity index (χ3v) is 4.96. The van der Waals surface area contributed by atoms with Gasteiger partial charge in [0.25, 0.3) is 0 Å². The first kappa shape index (κ1) is 21.5. The molecule has 2 N–H and O–H groups in total. The molecule has 2 aromatic heterocycles. The topological polar surface area (TPSA) is 76.0 Å². The summed E-state index contributed by atoms with van der Waals surface area (Å²) in [6.45, 7) is 6.27. The van der Waals surface area contributed by atoms with E-state index >= 15 is 0 Å². The lowest BCUT2D eigenvalue weighted by Crippen LogP contribution is -2.45. The molecule has 0 unspecified atom stereocenters. The van der Waals surface area contributed by atoms with Crippen molar-refractivity contribution in [3.63, 3.8) is 0 Å². The van der Waals surface area contributed by atoms with Gasteiger partial charge in [-0.1, -0.05) is 36.4 Å². The number of carbonyl (C=O) groups excluding carboxylic acids is 2. The van der Waals surface area contributed by atoms with E-state index in [2.05, 4.69) is 22.8 Å². The minimum atomic E-state index is -0.333. The molecule has 2 amide bonds. The Morgan fingerprint density at radius 1 is 1.13 bits per heavy atom. The fourth-order valence-corrected chi connectivity index (χ4v) is 3.60. The zero-order valence-electron chi connectivity index (χ0n) is 17.4. The molecule has 0 aliphatic rings. The van der Waals surface area contributed by atoms with Gasteiger partial charge in [-0.15, -0.1) is 11.3 Å². The Morgan fingerprint density at radius 2 is 1.90 bits per heavy atom. The Hall–Kier alpha value is -3.19. The van der Waals surface area contributed by atoms with Crippen LogP contribution in [0.4, 0.5) is 0 Å². The van der Waals surface area contributed by atoms with Gasteiger partial charge in [-0.2, -0.15) is 5.10 Å². The maximum absolute atomic E-state index is 12.2. The third-order valence-electron chi connectivity index (χ3n) is 4.08. The van der Waals surface area contributed by atoms with Crippen LogP contribution >= 0.6 is 11.3 Å². The number of hydrogen-bond donors (Lipinski definition) is 2. The molecule has 30 heavy (non-hydrogen) atoms. The largest absolute Gasteiger partial charge is 0.350 e. The average molecular weight is 423 g/mol. The SMILES string of the molecule is CC(C)(C)NC(=O)CNC(=O)/C=C/c1cn(Cc2ccccc2)nc1-c1cccs1. The van der Waals surface area contributed by atoms with Crippen LogP contribution in [0.25, 0.3) is 16.6 Å². The number of hydrogen-bond acceptors (Lipinski definition) is 4. The predicted octanol–water partition coefficient (Wildman–Crippen LogP) is 3.70. The van der Waals surface area contributed by atoms with E-state index in [1.54, 1.807) is 17.4 Å². The van der Waals surface area contributed by atoms with Crippen LogP contribution in [0.15, 0.2) is 60.1 Å². The van der Waals surface area contributed by atoms with Gasteiger partial charge in [0.05, 0.1) is 18.0 Å². The molecule has 1 aromatic carbocycles. The second-order valence-corrected chi connectivity index (χ2v) is 8.89. The molecule has 0 fully saturated rings. The molecule has 0 saturated heterocycles. The molecule has 0 atom stereocenters. The number of nitrogens with zero attached hydrogens (tertiary/aromatic N) is 2. The van der Waals surface area contributed by atoms with Crippen LogP contribution in [-0.2, 0) is 16.1 Å². The van der Waals surface area contributed by atoms with Gasteiger partial charge < -0.3 is 10.6 Å². The number of benzene rings is 1. The molecule has 0 aliphatic heterocycles. The smallest absolute Gasteiger partial charge is 0.244 e. The Kier molecular flexibility index (Phi) is 6.84. The first-order valence-electron chi connectivity index (χ1n) is 9.72. The summed E-state index contributed by atoms with van der Waals surface area (Å²) in [6.07, 6.45) is 5.10. The predicted molar refractivity (Wildman–Crippen MR) is 121 cm³/mol. The van der Waals surface area contributed by atoms with Crippen LogP contribution in [0.5, 0.6) is 0 Å². The third kappa shape index (κ3) is 6.42. The summed E-state index contributed by atoms with van der Waals surface area (Å²) in [6, 6.07) is 14.1. The number of thiophene rings is 1. The van der Waals surface area contributed by atoms with E-state index in [0.717, 1.165) is 21.7 Å². The van der Waals surface area contributed by atoms with E-state index < -0.39 is 0 Å². The number of amides is 2. The molecular formula is C23H26N4O2S. The van der Waals surface area contributed by atoms with Crippen molar-refractivity contribution < 1.29 is 9.59 Å². The monoisotopic (exact) mass is 422 g/mol. The van der Waals surface area contributed by atoms with Crippen molar-refractivity contribution in [2.45, 2.75) is 32.9 Å². The van der Waals surface area contributed by atoms with Crippen molar-refractivity contribution in [2.24, 2.45) is 0 Å². The Labute approximate surface area is 180 Å². The summed E-state index contributed by atoms with van der Waals surface area (Å²) in [5, 5.41) is 12.1. The summed E-state index contributed by atoms with van der Waals surface area (Å²) < 4.78 is 1.87. The van der Waals surface area contributed by atoms with Gasteiger partial charge in [0.15, 0.2) is 0 Å². The normalized spacial score (nSPS) is 11.6. The standard InChI is InChI=1S/C23H26N4O2S/c1-23(2,3)25-21(29)14-24-20(28)12-11-18-16-27(15-17-8-5-4-6-9-17)26-22(18)19-10-7-13-30-19/h4-13,16H,14-15H2,1-3H3,(H,24,28)(H,25,29)/b12-11+. The maximum Gasteiger partial charge on any atom is 0.244 e. The lowest BCUT2D eigenvalue weighted by Gasteiger charge is -2.20. The molecule has 7 heteroatoms. The minimum absolute atomic E-state index is 0.0640. The van der Waals surface area contributed by atoms with E-state index in [9.17, 15) is 9.59 Å². The average Bonchev–Trinajstić information content (AvgIpc) is 3.34. The lowest BCUT2D eigenvalue weighted by molar-refractivity contribution is -0.124. The zero-order valence-corrected chi connectivity index (χ0v) is 18.2. The van der Waals surface area contributed by atoms with Gasteiger partial charge in [0.1, 0.15) is 5.69 Å². The number of rotatable bonds is 7. The molecule has 3 rings (SSSR count). The van der Waals surface area contributed by atoms with E-state index in [1.165, 1.54) is 6.08 Å². The summed E-state index contributed by atoms with van der Waals surface area (Å²) in [5.74, 6) is -0.550. The van der Waals surface area contributed by atoms with E-state index in [0.29, 0.717) is 6.54 Å². The molecule has 2 heterocycles. The Balaban J connectivity index is 1.70. The van der Waals surface area contributed by atoms with Gasteiger partial charge in [0, 0.05) is 23.4 Å². The first-order chi connectivity index (χ1) is 14.3. The summed E-state index contributed by atoms with van der Waals surface area (Å²) in [4.78, 5) is 25.1. The summed E-state index contributed by atoms with van der Waals surface area (Å²) in [5.41, 5.74) is 2.50. The van der Waals surface area contributed by atoms with Crippen LogP contribution < -0.4 is 10.6 Å². The van der Waals surface area contributed by atoms with Crippen molar-refractivity contribution >= 4 is 29.2 Å². The summed E-state index contributed by atoms with van der Waals surface area (Å²) in [7, 11) is 0. The molecule has 0 saturated carbocycles. The van der Waals surface area contributed by atoms with Crippen molar-refractivity contribution in [1.29, 1.82) is 0 Å². The lowest BCUT2D eigenvalue weighted by atomic mass is 10.1. The van der Waals surface area contributed by atoms with Crippen LogP contribution in [0.3, 0.4) is 0 Å². The molecule has 0 bridgehead atoms.